The molecule has 2 amide bonds. The van der Waals surface area contributed by atoms with Gasteiger partial charge in [0.15, 0.2) is 0 Å². The third-order valence-corrected chi connectivity index (χ3v) is 5.91. The molecule has 1 fully saturated rings. The predicted molar refractivity (Wildman–Crippen MR) is 115 cm³/mol. The molecule has 156 valence electrons. The van der Waals surface area contributed by atoms with Crippen molar-refractivity contribution in [3.8, 4) is 0 Å². The van der Waals surface area contributed by atoms with E-state index in [1.54, 1.807) is 4.90 Å². The van der Waals surface area contributed by atoms with E-state index in [1.807, 2.05) is 61.5 Å². The highest BCUT2D eigenvalue weighted by atomic mass is 16.2. The number of carbonyl (C=O) groups is 2. The van der Waals surface area contributed by atoms with E-state index >= 15 is 0 Å². The number of aromatic nitrogens is 1. The highest BCUT2D eigenvalue weighted by molar-refractivity contribution is 5.85. The van der Waals surface area contributed by atoms with Gasteiger partial charge >= 0.3 is 0 Å². The normalized spacial score (nSPS) is 14.4. The van der Waals surface area contributed by atoms with Crippen LogP contribution in [0.15, 0.2) is 48.7 Å². The summed E-state index contributed by atoms with van der Waals surface area (Å²) >= 11 is 0. The van der Waals surface area contributed by atoms with E-state index < -0.39 is 0 Å². The second-order valence-electron chi connectivity index (χ2n) is 8.13. The SMILES string of the molecule is CC[C@H](C)N(CC(=O)N(Cc1cccn1C)C1CC1)C(=O)CCc1ccccc1. The summed E-state index contributed by atoms with van der Waals surface area (Å²) in [6, 6.07) is 14.5. The Hall–Kier alpha value is -2.56. The fourth-order valence-electron chi connectivity index (χ4n) is 3.63. The first kappa shape index (κ1) is 21.2. The predicted octanol–water partition coefficient (Wildman–Crippen LogP) is 3.78. The van der Waals surface area contributed by atoms with Gasteiger partial charge in [-0.25, -0.2) is 0 Å². The van der Waals surface area contributed by atoms with Crippen molar-refractivity contribution < 1.29 is 9.59 Å². The summed E-state index contributed by atoms with van der Waals surface area (Å²) in [5.41, 5.74) is 2.27. The molecule has 1 atom stereocenters. The quantitative estimate of drug-likeness (QED) is 0.615. The molecule has 0 N–H and O–H groups in total. The van der Waals surface area contributed by atoms with Crippen molar-refractivity contribution in [2.45, 2.75) is 64.6 Å². The number of hydrogen-bond donors (Lipinski definition) is 0. The van der Waals surface area contributed by atoms with Crippen LogP contribution in [0.3, 0.4) is 0 Å². The zero-order valence-electron chi connectivity index (χ0n) is 17.9. The van der Waals surface area contributed by atoms with Gasteiger partial charge < -0.3 is 14.4 Å². The molecule has 0 aliphatic heterocycles. The maximum Gasteiger partial charge on any atom is 0.242 e. The number of aryl methyl sites for hydroxylation is 2. The van der Waals surface area contributed by atoms with Gasteiger partial charge in [0.25, 0.3) is 0 Å². The first-order chi connectivity index (χ1) is 14.0. The second kappa shape index (κ2) is 9.77. The summed E-state index contributed by atoms with van der Waals surface area (Å²) in [6.45, 7) is 4.88. The number of benzene rings is 1. The standard InChI is InChI=1S/C24H33N3O2/c1-4-19(2)26(23(28)15-12-20-9-6-5-7-10-20)18-24(29)27(21-13-14-21)17-22-11-8-16-25(22)3/h5-11,16,19,21H,4,12-15,17-18H2,1-3H3/t19-/m0/s1. The van der Waals surface area contributed by atoms with Crippen molar-refractivity contribution in [1.29, 1.82) is 0 Å². The molecule has 0 radical (unpaired) electrons. The molecule has 5 heteroatoms. The summed E-state index contributed by atoms with van der Waals surface area (Å²) in [6.07, 6.45) is 6.09. The Morgan fingerprint density at radius 1 is 1.10 bits per heavy atom. The van der Waals surface area contributed by atoms with Crippen molar-refractivity contribution in [1.82, 2.24) is 14.4 Å². The molecular formula is C24H33N3O2. The molecule has 0 spiro atoms. The van der Waals surface area contributed by atoms with Gasteiger partial charge in [0.1, 0.15) is 6.54 Å². The Morgan fingerprint density at radius 3 is 2.41 bits per heavy atom. The third-order valence-electron chi connectivity index (χ3n) is 5.91. The average molecular weight is 396 g/mol. The molecular weight excluding hydrogens is 362 g/mol. The minimum Gasteiger partial charge on any atom is -0.353 e. The Kier molecular flexibility index (Phi) is 7.13. The summed E-state index contributed by atoms with van der Waals surface area (Å²) in [4.78, 5) is 29.9. The van der Waals surface area contributed by atoms with Crippen LogP contribution < -0.4 is 0 Å². The number of carbonyl (C=O) groups excluding carboxylic acids is 2. The number of nitrogens with zero attached hydrogens (tertiary/aromatic N) is 3. The molecule has 0 unspecified atom stereocenters. The molecule has 1 aromatic heterocycles. The second-order valence-corrected chi connectivity index (χ2v) is 8.13. The molecule has 1 aliphatic carbocycles. The van der Waals surface area contributed by atoms with E-state index in [-0.39, 0.29) is 24.4 Å². The lowest BCUT2D eigenvalue weighted by Gasteiger charge is -2.31. The summed E-state index contributed by atoms with van der Waals surface area (Å²) in [7, 11) is 2.00. The van der Waals surface area contributed by atoms with Gasteiger partial charge in [-0.1, -0.05) is 37.3 Å². The Morgan fingerprint density at radius 2 is 1.83 bits per heavy atom. The molecule has 1 heterocycles. The number of amides is 2. The van der Waals surface area contributed by atoms with E-state index in [9.17, 15) is 9.59 Å². The van der Waals surface area contributed by atoms with Crippen LogP contribution in [0.1, 0.15) is 50.8 Å². The van der Waals surface area contributed by atoms with Gasteiger partial charge in [-0.15, -0.1) is 0 Å². The third kappa shape index (κ3) is 5.72. The van der Waals surface area contributed by atoms with Gasteiger partial charge in [-0.2, -0.15) is 0 Å². The van der Waals surface area contributed by atoms with E-state index in [0.717, 1.165) is 30.5 Å². The van der Waals surface area contributed by atoms with Crippen LogP contribution in [-0.4, -0.2) is 44.8 Å². The minimum absolute atomic E-state index is 0.0540. The van der Waals surface area contributed by atoms with E-state index in [0.29, 0.717) is 25.4 Å². The molecule has 29 heavy (non-hydrogen) atoms. The minimum atomic E-state index is 0.0540. The van der Waals surface area contributed by atoms with Crippen LogP contribution in [0.4, 0.5) is 0 Å². The average Bonchev–Trinajstić information content (AvgIpc) is 3.50. The Balaban J connectivity index is 1.65. The molecule has 0 bridgehead atoms. The van der Waals surface area contributed by atoms with Crippen molar-refractivity contribution in [3.05, 3.63) is 59.9 Å². The maximum atomic E-state index is 13.2. The molecule has 3 rings (SSSR count). The monoisotopic (exact) mass is 395 g/mol. The lowest BCUT2D eigenvalue weighted by Crippen LogP contribution is -2.47. The van der Waals surface area contributed by atoms with Crippen LogP contribution in [0, 0.1) is 0 Å². The van der Waals surface area contributed by atoms with E-state index in [1.165, 1.54) is 0 Å². The van der Waals surface area contributed by atoms with Crippen LogP contribution in [-0.2, 0) is 29.6 Å². The number of rotatable bonds is 10. The van der Waals surface area contributed by atoms with E-state index in [4.69, 9.17) is 0 Å². The molecule has 1 aromatic carbocycles. The molecule has 1 saturated carbocycles. The van der Waals surface area contributed by atoms with Gasteiger partial charge in [0.2, 0.25) is 11.8 Å². The summed E-state index contributed by atoms with van der Waals surface area (Å²) in [5.74, 6) is 0.119. The largest absolute Gasteiger partial charge is 0.353 e. The lowest BCUT2D eigenvalue weighted by molar-refractivity contribution is -0.143. The van der Waals surface area contributed by atoms with Crippen LogP contribution in [0.25, 0.3) is 0 Å². The fourth-order valence-corrected chi connectivity index (χ4v) is 3.63. The van der Waals surface area contributed by atoms with Crippen LogP contribution in [0.2, 0.25) is 0 Å². The fraction of sp³-hybridized carbons (Fsp3) is 0.500. The van der Waals surface area contributed by atoms with Gasteiger partial charge in [-0.05, 0) is 50.3 Å². The molecule has 2 aromatic rings. The first-order valence-corrected chi connectivity index (χ1v) is 10.7. The summed E-state index contributed by atoms with van der Waals surface area (Å²) < 4.78 is 2.06. The molecule has 1 aliphatic rings. The van der Waals surface area contributed by atoms with Crippen molar-refractivity contribution >= 4 is 11.8 Å². The van der Waals surface area contributed by atoms with E-state index in [2.05, 4.69) is 17.6 Å². The maximum absolute atomic E-state index is 13.2. The Labute approximate surface area is 174 Å². The first-order valence-electron chi connectivity index (χ1n) is 10.7. The van der Waals surface area contributed by atoms with Gasteiger partial charge in [0.05, 0.1) is 6.54 Å². The highest BCUT2D eigenvalue weighted by Gasteiger charge is 2.34. The lowest BCUT2D eigenvalue weighted by atomic mass is 10.1. The highest BCUT2D eigenvalue weighted by Crippen LogP contribution is 2.29. The molecule has 0 saturated heterocycles. The Bertz CT molecular complexity index is 811. The van der Waals surface area contributed by atoms with Crippen LogP contribution >= 0.6 is 0 Å². The zero-order valence-corrected chi connectivity index (χ0v) is 17.9. The smallest absolute Gasteiger partial charge is 0.242 e. The van der Waals surface area contributed by atoms with Crippen LogP contribution in [0.5, 0.6) is 0 Å². The van der Waals surface area contributed by atoms with Crippen molar-refractivity contribution in [2.75, 3.05) is 6.54 Å². The van der Waals surface area contributed by atoms with Gasteiger partial charge in [-0.3, -0.25) is 9.59 Å². The molecule has 5 nitrogen and oxygen atoms in total. The van der Waals surface area contributed by atoms with Crippen molar-refractivity contribution in [2.24, 2.45) is 7.05 Å². The van der Waals surface area contributed by atoms with Crippen molar-refractivity contribution in [3.63, 3.8) is 0 Å². The summed E-state index contributed by atoms with van der Waals surface area (Å²) in [5, 5.41) is 0. The van der Waals surface area contributed by atoms with Gasteiger partial charge in [0, 0.05) is 37.4 Å². The zero-order chi connectivity index (χ0) is 20.8. The topological polar surface area (TPSA) is 45.6 Å². The number of hydrogen-bond acceptors (Lipinski definition) is 2.